The Morgan fingerprint density at radius 2 is 1.47 bits per heavy atom. The van der Waals surface area contributed by atoms with E-state index < -0.39 is 0 Å². The minimum absolute atomic E-state index is 0.648. The number of nitrogens with zero attached hydrogens (tertiary/aromatic N) is 2. The lowest BCUT2D eigenvalue weighted by Gasteiger charge is -2.42. The van der Waals surface area contributed by atoms with E-state index in [0.717, 1.165) is 12.6 Å². The lowest BCUT2D eigenvalue weighted by atomic mass is 10.0. The molecule has 1 saturated heterocycles. The van der Waals surface area contributed by atoms with Crippen molar-refractivity contribution in [3.05, 3.63) is 0 Å². The van der Waals surface area contributed by atoms with Gasteiger partial charge in [0.05, 0.1) is 0 Å². The van der Waals surface area contributed by atoms with Gasteiger partial charge in [-0.05, 0) is 39.7 Å². The molecule has 0 aromatic rings. The summed E-state index contributed by atoms with van der Waals surface area (Å²) in [6.07, 6.45) is 3.73. The van der Waals surface area contributed by atoms with E-state index in [1.807, 2.05) is 0 Å². The zero-order valence-corrected chi connectivity index (χ0v) is 13.8. The molecule has 0 amide bonds. The number of hydrogen-bond donors (Lipinski definition) is 1. The third kappa shape index (κ3) is 5.05. The highest BCUT2D eigenvalue weighted by Gasteiger charge is 2.26. The third-order valence-electron chi connectivity index (χ3n) is 4.82. The molecule has 1 heterocycles. The van der Waals surface area contributed by atoms with Crippen molar-refractivity contribution in [1.82, 2.24) is 15.1 Å². The van der Waals surface area contributed by atoms with Crippen LogP contribution in [-0.2, 0) is 0 Å². The fourth-order valence-corrected chi connectivity index (χ4v) is 3.08. The van der Waals surface area contributed by atoms with Crippen LogP contribution in [0.4, 0.5) is 0 Å². The smallest absolute Gasteiger partial charge is 0.0222 e. The van der Waals surface area contributed by atoms with Crippen LogP contribution < -0.4 is 5.32 Å². The molecule has 0 aliphatic carbocycles. The van der Waals surface area contributed by atoms with Crippen LogP contribution >= 0.6 is 0 Å². The summed E-state index contributed by atoms with van der Waals surface area (Å²) < 4.78 is 0. The summed E-state index contributed by atoms with van der Waals surface area (Å²) in [7, 11) is 0. The Morgan fingerprint density at radius 3 is 1.95 bits per heavy atom. The summed E-state index contributed by atoms with van der Waals surface area (Å²) in [5.74, 6) is 0. The SMILES string of the molecule is CCCNC(CC)C(C)N1CCN(C(C)CC)CC1. The highest BCUT2D eigenvalue weighted by molar-refractivity contribution is 4.85. The second kappa shape index (κ2) is 8.93. The molecule has 0 bridgehead atoms. The molecule has 1 fully saturated rings. The standard InChI is InChI=1S/C16H35N3/c1-6-9-17-16(8-3)15(5)19-12-10-18(11-13-19)14(4)7-2/h14-17H,6-13H2,1-5H3. The molecule has 19 heavy (non-hydrogen) atoms. The highest BCUT2D eigenvalue weighted by Crippen LogP contribution is 2.14. The van der Waals surface area contributed by atoms with Crippen LogP contribution in [0.5, 0.6) is 0 Å². The Balaban J connectivity index is 2.40. The number of nitrogens with one attached hydrogen (secondary N) is 1. The molecule has 0 spiro atoms. The first kappa shape index (κ1) is 16.9. The first-order valence-corrected chi connectivity index (χ1v) is 8.35. The summed E-state index contributed by atoms with van der Waals surface area (Å²) in [6.45, 7) is 17.7. The van der Waals surface area contributed by atoms with Gasteiger partial charge in [0.1, 0.15) is 0 Å². The molecule has 0 aromatic carbocycles. The topological polar surface area (TPSA) is 18.5 Å². The molecule has 0 aromatic heterocycles. The summed E-state index contributed by atoms with van der Waals surface area (Å²) in [5, 5.41) is 3.71. The van der Waals surface area contributed by atoms with E-state index in [4.69, 9.17) is 0 Å². The molecule has 3 atom stereocenters. The van der Waals surface area contributed by atoms with E-state index in [9.17, 15) is 0 Å². The number of hydrogen-bond acceptors (Lipinski definition) is 3. The van der Waals surface area contributed by atoms with Crippen LogP contribution in [0.3, 0.4) is 0 Å². The number of piperazine rings is 1. The second-order valence-corrected chi connectivity index (χ2v) is 6.04. The lowest BCUT2D eigenvalue weighted by Crippen LogP contribution is -2.56. The summed E-state index contributed by atoms with van der Waals surface area (Å²) in [4.78, 5) is 5.32. The average Bonchev–Trinajstić information content (AvgIpc) is 2.47. The van der Waals surface area contributed by atoms with Crippen molar-refractivity contribution >= 4 is 0 Å². The molecule has 1 aliphatic heterocycles. The molecule has 0 saturated carbocycles. The summed E-state index contributed by atoms with van der Waals surface area (Å²) in [6, 6.07) is 2.06. The van der Waals surface area contributed by atoms with E-state index in [2.05, 4.69) is 49.7 Å². The molecule has 3 unspecified atom stereocenters. The van der Waals surface area contributed by atoms with E-state index >= 15 is 0 Å². The van der Waals surface area contributed by atoms with Gasteiger partial charge in [-0.1, -0.05) is 20.8 Å². The Hall–Kier alpha value is -0.120. The molecule has 1 aliphatic rings. The number of rotatable bonds is 8. The molecule has 3 heteroatoms. The molecule has 1 N–H and O–H groups in total. The first-order chi connectivity index (χ1) is 9.13. The van der Waals surface area contributed by atoms with E-state index in [1.54, 1.807) is 0 Å². The second-order valence-electron chi connectivity index (χ2n) is 6.04. The minimum Gasteiger partial charge on any atom is -0.312 e. The normalized spacial score (nSPS) is 23.2. The van der Waals surface area contributed by atoms with Crippen molar-refractivity contribution in [2.75, 3.05) is 32.7 Å². The molecule has 114 valence electrons. The molecular weight excluding hydrogens is 234 g/mol. The molecule has 1 rings (SSSR count). The summed E-state index contributed by atoms with van der Waals surface area (Å²) in [5.41, 5.74) is 0. The third-order valence-corrected chi connectivity index (χ3v) is 4.82. The van der Waals surface area contributed by atoms with Gasteiger partial charge in [-0.25, -0.2) is 0 Å². The van der Waals surface area contributed by atoms with Gasteiger partial charge in [0.2, 0.25) is 0 Å². The Morgan fingerprint density at radius 1 is 0.895 bits per heavy atom. The predicted octanol–water partition coefficient (Wildman–Crippen LogP) is 2.57. The van der Waals surface area contributed by atoms with Gasteiger partial charge in [-0.3, -0.25) is 9.80 Å². The van der Waals surface area contributed by atoms with Crippen LogP contribution in [-0.4, -0.2) is 60.6 Å². The van der Waals surface area contributed by atoms with Crippen molar-refractivity contribution in [1.29, 1.82) is 0 Å². The monoisotopic (exact) mass is 269 g/mol. The zero-order chi connectivity index (χ0) is 14.3. The minimum atomic E-state index is 0.648. The van der Waals surface area contributed by atoms with Gasteiger partial charge in [0.25, 0.3) is 0 Å². The predicted molar refractivity (Wildman–Crippen MR) is 84.7 cm³/mol. The maximum absolute atomic E-state index is 3.71. The van der Waals surface area contributed by atoms with Gasteiger partial charge < -0.3 is 5.32 Å². The largest absolute Gasteiger partial charge is 0.312 e. The van der Waals surface area contributed by atoms with Gasteiger partial charge in [0, 0.05) is 44.3 Å². The van der Waals surface area contributed by atoms with Crippen molar-refractivity contribution in [3.63, 3.8) is 0 Å². The first-order valence-electron chi connectivity index (χ1n) is 8.35. The Kier molecular flexibility index (Phi) is 7.96. The lowest BCUT2D eigenvalue weighted by molar-refractivity contribution is 0.0643. The Labute approximate surface area is 120 Å². The maximum atomic E-state index is 3.71. The van der Waals surface area contributed by atoms with Gasteiger partial charge in [-0.15, -0.1) is 0 Å². The molecule has 0 radical (unpaired) electrons. The Bertz CT molecular complexity index is 224. The highest BCUT2D eigenvalue weighted by atomic mass is 15.3. The van der Waals surface area contributed by atoms with E-state index in [0.29, 0.717) is 12.1 Å². The van der Waals surface area contributed by atoms with Gasteiger partial charge in [0.15, 0.2) is 0 Å². The van der Waals surface area contributed by atoms with Crippen LogP contribution in [0.25, 0.3) is 0 Å². The van der Waals surface area contributed by atoms with Crippen LogP contribution in [0.1, 0.15) is 53.9 Å². The van der Waals surface area contributed by atoms with Crippen LogP contribution in [0.15, 0.2) is 0 Å². The maximum Gasteiger partial charge on any atom is 0.0222 e. The van der Waals surface area contributed by atoms with Gasteiger partial charge >= 0.3 is 0 Å². The fraction of sp³-hybridized carbons (Fsp3) is 1.00. The quantitative estimate of drug-likeness (QED) is 0.730. The van der Waals surface area contributed by atoms with Crippen LogP contribution in [0, 0.1) is 0 Å². The zero-order valence-electron chi connectivity index (χ0n) is 13.8. The fourth-order valence-electron chi connectivity index (χ4n) is 3.08. The van der Waals surface area contributed by atoms with Crippen LogP contribution in [0.2, 0.25) is 0 Å². The average molecular weight is 269 g/mol. The van der Waals surface area contributed by atoms with Gasteiger partial charge in [-0.2, -0.15) is 0 Å². The van der Waals surface area contributed by atoms with E-state index in [-0.39, 0.29) is 0 Å². The van der Waals surface area contributed by atoms with E-state index in [1.165, 1.54) is 45.4 Å². The molecule has 3 nitrogen and oxygen atoms in total. The van der Waals surface area contributed by atoms with Crippen molar-refractivity contribution < 1.29 is 0 Å². The van der Waals surface area contributed by atoms with Crippen molar-refractivity contribution in [2.45, 2.75) is 72.0 Å². The summed E-state index contributed by atoms with van der Waals surface area (Å²) >= 11 is 0. The van der Waals surface area contributed by atoms with Crippen molar-refractivity contribution in [2.24, 2.45) is 0 Å². The molecular formula is C16H35N3. The van der Waals surface area contributed by atoms with Crippen molar-refractivity contribution in [3.8, 4) is 0 Å².